The monoisotopic (exact) mass is 369 g/mol. The van der Waals surface area contributed by atoms with Crippen LogP contribution in [0.1, 0.15) is 44.1 Å². The number of hydrogen-bond acceptors (Lipinski definition) is 4. The van der Waals surface area contributed by atoms with Gasteiger partial charge < -0.3 is 14.4 Å². The van der Waals surface area contributed by atoms with Crippen LogP contribution in [0.4, 0.5) is 10.5 Å². The van der Waals surface area contributed by atoms with Crippen LogP contribution in [0.3, 0.4) is 0 Å². The fourth-order valence-corrected chi connectivity index (χ4v) is 6.67. The van der Waals surface area contributed by atoms with Gasteiger partial charge in [0.05, 0.1) is 19.1 Å². The molecule has 0 radical (unpaired) electrons. The van der Waals surface area contributed by atoms with Crippen LogP contribution < -0.4 is 4.90 Å². The van der Waals surface area contributed by atoms with Crippen molar-refractivity contribution in [2.24, 2.45) is 23.2 Å². The van der Waals surface area contributed by atoms with Gasteiger partial charge in [-0.25, -0.2) is 4.79 Å². The van der Waals surface area contributed by atoms with Crippen molar-refractivity contribution in [3.05, 3.63) is 29.8 Å². The molecule has 4 bridgehead atoms. The third kappa shape index (κ3) is 2.82. The number of amides is 1. The van der Waals surface area contributed by atoms with E-state index >= 15 is 0 Å². The summed E-state index contributed by atoms with van der Waals surface area (Å²) in [4.78, 5) is 27.4. The molecule has 1 aromatic carbocycles. The first-order valence-corrected chi connectivity index (χ1v) is 10.2. The number of carbonyl (C=O) groups excluding carboxylic acids is 2. The van der Waals surface area contributed by atoms with Crippen molar-refractivity contribution in [1.82, 2.24) is 0 Å². The van der Waals surface area contributed by atoms with Gasteiger partial charge in [0, 0.05) is 12.1 Å². The van der Waals surface area contributed by atoms with Crippen molar-refractivity contribution in [2.75, 3.05) is 18.6 Å². The lowest BCUT2D eigenvalue weighted by Gasteiger charge is -2.57. The average Bonchev–Trinajstić information content (AvgIpc) is 2.65. The molecule has 1 aromatic rings. The maximum absolute atomic E-state index is 13.9. The summed E-state index contributed by atoms with van der Waals surface area (Å²) in [6.45, 7) is 0.423. The Bertz CT molecular complexity index is 738. The van der Waals surface area contributed by atoms with Crippen molar-refractivity contribution in [3.8, 4) is 0 Å². The van der Waals surface area contributed by atoms with Gasteiger partial charge in [-0.2, -0.15) is 0 Å². The van der Waals surface area contributed by atoms with Gasteiger partial charge in [0.25, 0.3) is 0 Å². The smallest absolute Gasteiger partial charge is 0.438 e. The van der Waals surface area contributed by atoms with Crippen LogP contribution in [-0.2, 0) is 20.7 Å². The fourth-order valence-electron chi connectivity index (χ4n) is 6.67. The van der Waals surface area contributed by atoms with Crippen LogP contribution in [0.5, 0.6) is 0 Å². The van der Waals surface area contributed by atoms with Gasteiger partial charge in [-0.3, -0.25) is 4.79 Å². The molecule has 0 spiro atoms. The molecule has 5 aliphatic rings. The molecule has 4 aliphatic carbocycles. The molecule has 0 N–H and O–H groups in total. The molecule has 1 unspecified atom stereocenters. The maximum Gasteiger partial charge on any atom is 0.508 e. The van der Waals surface area contributed by atoms with Gasteiger partial charge in [0.2, 0.25) is 5.91 Å². The van der Waals surface area contributed by atoms with Gasteiger partial charge in [-0.1, -0.05) is 18.2 Å². The van der Waals surface area contributed by atoms with E-state index < -0.39 is 6.16 Å². The zero-order valence-corrected chi connectivity index (χ0v) is 15.9. The summed E-state index contributed by atoms with van der Waals surface area (Å²) in [5, 5.41) is 0. The molecule has 4 saturated carbocycles. The molecule has 4 fully saturated rings. The zero-order valence-electron chi connectivity index (χ0n) is 15.9. The predicted octanol–water partition coefficient (Wildman–Crippen LogP) is 3.94. The quantitative estimate of drug-likeness (QED) is 0.741. The molecule has 1 amide bonds. The summed E-state index contributed by atoms with van der Waals surface area (Å²) in [6, 6.07) is 8.03. The van der Waals surface area contributed by atoms with Crippen molar-refractivity contribution < 1.29 is 19.1 Å². The SMILES string of the molecule is COC(=O)OC1Cc2ccccc2N(C(=O)C23CC4CC(CC(C4)C2)C3)C1. The van der Waals surface area contributed by atoms with E-state index in [0.29, 0.717) is 13.0 Å². The first-order chi connectivity index (χ1) is 13.1. The molecule has 0 saturated heterocycles. The molecule has 1 aliphatic heterocycles. The van der Waals surface area contributed by atoms with Crippen LogP contribution in [0.15, 0.2) is 24.3 Å². The Hall–Kier alpha value is -2.04. The first-order valence-electron chi connectivity index (χ1n) is 10.2. The number of carbonyl (C=O) groups is 2. The van der Waals surface area contributed by atoms with Gasteiger partial charge in [0.1, 0.15) is 6.10 Å². The Morgan fingerprint density at radius 1 is 1.04 bits per heavy atom. The van der Waals surface area contributed by atoms with Gasteiger partial charge >= 0.3 is 6.16 Å². The summed E-state index contributed by atoms with van der Waals surface area (Å²) in [6.07, 6.45) is 6.66. The number of nitrogens with zero attached hydrogens (tertiary/aromatic N) is 1. The Balaban J connectivity index is 1.46. The van der Waals surface area contributed by atoms with E-state index in [4.69, 9.17) is 4.74 Å². The highest BCUT2D eigenvalue weighted by atomic mass is 16.7. The largest absolute Gasteiger partial charge is 0.508 e. The number of rotatable bonds is 2. The van der Waals surface area contributed by atoms with E-state index in [9.17, 15) is 9.59 Å². The molecule has 1 atom stereocenters. The molecular weight excluding hydrogens is 342 g/mol. The second kappa shape index (κ2) is 6.25. The van der Waals surface area contributed by atoms with Crippen LogP contribution in [-0.4, -0.2) is 31.8 Å². The van der Waals surface area contributed by atoms with Gasteiger partial charge in [0.15, 0.2) is 0 Å². The lowest BCUT2D eigenvalue weighted by atomic mass is 9.49. The lowest BCUT2D eigenvalue weighted by Crippen LogP contribution is -2.57. The standard InChI is InChI=1S/C22H27NO4/c1-26-21(25)27-18-9-17-4-2-3-5-19(17)23(13-18)20(24)22-10-14-6-15(11-22)8-16(7-14)12-22/h2-5,14-16,18H,6-13H2,1H3. The highest BCUT2D eigenvalue weighted by Gasteiger charge is 2.56. The molecule has 1 heterocycles. The predicted molar refractivity (Wildman–Crippen MR) is 100 cm³/mol. The third-order valence-electron chi connectivity index (χ3n) is 7.28. The number of benzene rings is 1. The van der Waals surface area contributed by atoms with E-state index in [2.05, 4.69) is 4.74 Å². The van der Waals surface area contributed by atoms with Gasteiger partial charge in [-0.15, -0.1) is 0 Å². The molecule has 27 heavy (non-hydrogen) atoms. The van der Waals surface area contributed by atoms with Crippen molar-refractivity contribution in [1.29, 1.82) is 0 Å². The van der Waals surface area contributed by atoms with Crippen LogP contribution in [0.25, 0.3) is 0 Å². The number of para-hydroxylation sites is 1. The number of methoxy groups -OCH3 is 1. The molecule has 6 rings (SSSR count). The second-order valence-electron chi connectivity index (χ2n) is 9.14. The molecule has 0 aromatic heterocycles. The summed E-state index contributed by atoms with van der Waals surface area (Å²) in [5.74, 6) is 2.43. The number of hydrogen-bond donors (Lipinski definition) is 0. The topological polar surface area (TPSA) is 55.8 Å². The number of fused-ring (bicyclic) bond motifs is 1. The average molecular weight is 369 g/mol. The fraction of sp³-hybridized carbons (Fsp3) is 0.636. The molecule has 144 valence electrons. The Morgan fingerprint density at radius 2 is 1.67 bits per heavy atom. The molecule has 5 nitrogen and oxygen atoms in total. The normalized spacial score (nSPS) is 36.3. The van der Waals surface area contributed by atoms with E-state index in [1.165, 1.54) is 26.4 Å². The van der Waals surface area contributed by atoms with E-state index in [1.54, 1.807) is 0 Å². The van der Waals surface area contributed by atoms with E-state index in [-0.39, 0.29) is 17.4 Å². The van der Waals surface area contributed by atoms with Crippen molar-refractivity contribution in [2.45, 2.75) is 51.0 Å². The Kier molecular flexibility index (Phi) is 3.95. The molecular formula is C22H27NO4. The number of anilines is 1. The second-order valence-corrected chi connectivity index (χ2v) is 9.14. The van der Waals surface area contributed by atoms with Crippen LogP contribution in [0, 0.1) is 23.2 Å². The minimum absolute atomic E-state index is 0.199. The summed E-state index contributed by atoms with van der Waals surface area (Å²) >= 11 is 0. The number of ether oxygens (including phenoxy) is 2. The highest BCUT2D eigenvalue weighted by molar-refractivity contribution is 5.99. The zero-order chi connectivity index (χ0) is 18.6. The minimum Gasteiger partial charge on any atom is -0.438 e. The first kappa shape index (κ1) is 17.1. The Labute approximate surface area is 160 Å². The lowest BCUT2D eigenvalue weighted by molar-refractivity contribution is -0.143. The van der Waals surface area contributed by atoms with Crippen molar-refractivity contribution in [3.63, 3.8) is 0 Å². The van der Waals surface area contributed by atoms with Crippen molar-refractivity contribution >= 4 is 17.7 Å². The van der Waals surface area contributed by atoms with E-state index in [1.807, 2.05) is 29.2 Å². The van der Waals surface area contributed by atoms with Gasteiger partial charge in [-0.05, 0) is 67.9 Å². The minimum atomic E-state index is -0.679. The molecule has 5 heteroatoms. The third-order valence-corrected chi connectivity index (χ3v) is 7.28. The maximum atomic E-state index is 13.9. The van der Waals surface area contributed by atoms with E-state index in [0.717, 1.165) is 48.3 Å². The van der Waals surface area contributed by atoms with Crippen LogP contribution >= 0.6 is 0 Å². The highest BCUT2D eigenvalue weighted by Crippen LogP contribution is 2.60. The Morgan fingerprint density at radius 3 is 2.30 bits per heavy atom. The van der Waals surface area contributed by atoms with Crippen LogP contribution in [0.2, 0.25) is 0 Å². The summed E-state index contributed by atoms with van der Waals surface area (Å²) < 4.78 is 10.1. The summed E-state index contributed by atoms with van der Waals surface area (Å²) in [7, 11) is 1.32. The summed E-state index contributed by atoms with van der Waals surface area (Å²) in [5.41, 5.74) is 1.85.